The average Bonchev–Trinajstić information content (AvgIpc) is 1.90. The minimum absolute atomic E-state index is 0.214. The normalized spacial score (nSPS) is 17.4. The first kappa shape index (κ1) is 9.88. The first-order valence-electron chi connectivity index (χ1n) is 3.66. The maximum Gasteiger partial charge on any atom is 0.138 e. The predicted octanol–water partition coefficient (Wildman–Crippen LogP) is 0.0290. The molecule has 3 nitrogen and oxygen atoms in total. The first-order valence-corrected chi connectivity index (χ1v) is 3.66. The molecule has 1 unspecified atom stereocenters. The van der Waals surface area contributed by atoms with E-state index in [-0.39, 0.29) is 6.61 Å². The summed E-state index contributed by atoms with van der Waals surface area (Å²) in [5.41, 5.74) is -1.05. The summed E-state index contributed by atoms with van der Waals surface area (Å²) >= 11 is 0. The topological polar surface area (TPSA) is 43.7 Å². The van der Waals surface area contributed by atoms with Gasteiger partial charge in [-0.3, -0.25) is 4.90 Å². The molecule has 0 aliphatic heterocycles. The summed E-state index contributed by atoms with van der Waals surface area (Å²) in [5, 5.41) is 18.2. The number of hydrogen-bond acceptors (Lipinski definition) is 3. The lowest BCUT2D eigenvalue weighted by molar-refractivity contribution is -0.120. The minimum Gasteiger partial charge on any atom is -0.392 e. The number of aliphatic hydroxyl groups is 2. The Hall–Kier alpha value is -0.120. The Labute approximate surface area is 62.3 Å². The number of rotatable bonds is 4. The summed E-state index contributed by atoms with van der Waals surface area (Å²) in [7, 11) is 0. The van der Waals surface area contributed by atoms with Gasteiger partial charge in [0.15, 0.2) is 0 Å². The molecule has 0 aliphatic carbocycles. The molecule has 0 radical (unpaired) electrons. The summed E-state index contributed by atoms with van der Waals surface area (Å²) < 4.78 is 0. The maximum absolute atomic E-state index is 9.46. The van der Waals surface area contributed by atoms with E-state index in [1.807, 2.05) is 13.8 Å². The van der Waals surface area contributed by atoms with Gasteiger partial charge in [-0.25, -0.2) is 0 Å². The summed E-state index contributed by atoms with van der Waals surface area (Å²) in [6.45, 7) is 6.81. The SMILES string of the molecule is CCN(CC)C(C)(O)CO. The highest BCUT2D eigenvalue weighted by atomic mass is 16.3. The lowest BCUT2D eigenvalue weighted by Gasteiger charge is -2.33. The molecule has 0 saturated carbocycles. The molecule has 0 saturated heterocycles. The molecule has 0 aromatic carbocycles. The third-order valence-corrected chi connectivity index (χ3v) is 1.74. The molecule has 0 aromatic heterocycles. The molecule has 1 atom stereocenters. The van der Waals surface area contributed by atoms with E-state index < -0.39 is 5.72 Å². The largest absolute Gasteiger partial charge is 0.392 e. The molecule has 3 heteroatoms. The van der Waals surface area contributed by atoms with Crippen LogP contribution in [-0.2, 0) is 0 Å². The van der Waals surface area contributed by atoms with E-state index in [1.54, 1.807) is 11.8 Å². The standard InChI is InChI=1S/C7H17NO2/c1-4-8(5-2)7(3,10)6-9/h9-10H,4-6H2,1-3H3. The van der Waals surface area contributed by atoms with E-state index in [1.165, 1.54) is 0 Å². The molecule has 0 heterocycles. The van der Waals surface area contributed by atoms with Gasteiger partial charge in [-0.15, -0.1) is 0 Å². The van der Waals surface area contributed by atoms with Crippen molar-refractivity contribution in [2.45, 2.75) is 26.5 Å². The third-order valence-electron chi connectivity index (χ3n) is 1.74. The van der Waals surface area contributed by atoms with Gasteiger partial charge in [0.05, 0.1) is 6.61 Å². The van der Waals surface area contributed by atoms with Crippen LogP contribution in [0.5, 0.6) is 0 Å². The van der Waals surface area contributed by atoms with Crippen LogP contribution >= 0.6 is 0 Å². The second-order valence-corrected chi connectivity index (χ2v) is 2.55. The van der Waals surface area contributed by atoms with Gasteiger partial charge in [0.2, 0.25) is 0 Å². The quantitative estimate of drug-likeness (QED) is 0.551. The smallest absolute Gasteiger partial charge is 0.138 e. The van der Waals surface area contributed by atoms with Crippen LogP contribution in [0.3, 0.4) is 0 Å². The van der Waals surface area contributed by atoms with Crippen LogP contribution < -0.4 is 0 Å². The zero-order valence-corrected chi connectivity index (χ0v) is 6.96. The fourth-order valence-corrected chi connectivity index (χ4v) is 1.00. The van der Waals surface area contributed by atoms with Crippen LogP contribution in [-0.4, -0.2) is 40.5 Å². The van der Waals surface area contributed by atoms with Crippen molar-refractivity contribution in [2.24, 2.45) is 0 Å². The van der Waals surface area contributed by atoms with Crippen LogP contribution in [0.2, 0.25) is 0 Å². The third kappa shape index (κ3) is 2.25. The van der Waals surface area contributed by atoms with Crippen molar-refractivity contribution in [1.82, 2.24) is 4.90 Å². The molecule has 0 aliphatic rings. The van der Waals surface area contributed by atoms with Crippen molar-refractivity contribution >= 4 is 0 Å². The Morgan fingerprint density at radius 1 is 1.30 bits per heavy atom. The molecule has 0 fully saturated rings. The van der Waals surface area contributed by atoms with Gasteiger partial charge in [-0.1, -0.05) is 13.8 Å². The molecule has 0 amide bonds. The van der Waals surface area contributed by atoms with Gasteiger partial charge in [-0.05, 0) is 20.0 Å². The fourth-order valence-electron chi connectivity index (χ4n) is 1.00. The highest BCUT2D eigenvalue weighted by molar-refractivity contribution is 4.70. The molecule has 0 aromatic rings. The van der Waals surface area contributed by atoms with Crippen LogP contribution in [0.1, 0.15) is 20.8 Å². The van der Waals surface area contributed by atoms with Crippen LogP contribution in [0.15, 0.2) is 0 Å². The van der Waals surface area contributed by atoms with E-state index in [2.05, 4.69) is 0 Å². The van der Waals surface area contributed by atoms with Gasteiger partial charge in [0.1, 0.15) is 5.72 Å². The molecule has 0 bridgehead atoms. The van der Waals surface area contributed by atoms with Crippen molar-refractivity contribution in [3.8, 4) is 0 Å². The molecule has 0 spiro atoms. The fraction of sp³-hybridized carbons (Fsp3) is 1.00. The van der Waals surface area contributed by atoms with Gasteiger partial charge >= 0.3 is 0 Å². The van der Waals surface area contributed by atoms with Crippen molar-refractivity contribution in [2.75, 3.05) is 19.7 Å². The Morgan fingerprint density at radius 3 is 1.80 bits per heavy atom. The summed E-state index contributed by atoms with van der Waals surface area (Å²) in [4.78, 5) is 1.80. The molecule has 62 valence electrons. The van der Waals surface area contributed by atoms with Crippen LogP contribution in [0.25, 0.3) is 0 Å². The zero-order chi connectivity index (χ0) is 8.20. The van der Waals surface area contributed by atoms with Crippen molar-refractivity contribution < 1.29 is 10.2 Å². The van der Waals surface area contributed by atoms with Gasteiger partial charge < -0.3 is 10.2 Å². The van der Waals surface area contributed by atoms with Gasteiger partial charge in [0.25, 0.3) is 0 Å². The lowest BCUT2D eigenvalue weighted by Crippen LogP contribution is -2.48. The molecular weight excluding hydrogens is 130 g/mol. The average molecular weight is 147 g/mol. The van der Waals surface area contributed by atoms with E-state index in [0.717, 1.165) is 13.1 Å². The number of likely N-dealkylation sites (N-methyl/N-ethyl adjacent to an activating group) is 1. The van der Waals surface area contributed by atoms with Gasteiger partial charge in [-0.2, -0.15) is 0 Å². The van der Waals surface area contributed by atoms with Crippen molar-refractivity contribution in [3.05, 3.63) is 0 Å². The molecule has 0 rings (SSSR count). The Bertz CT molecular complexity index is 89.6. The van der Waals surface area contributed by atoms with Crippen LogP contribution in [0, 0.1) is 0 Å². The van der Waals surface area contributed by atoms with Gasteiger partial charge in [0, 0.05) is 0 Å². The summed E-state index contributed by atoms with van der Waals surface area (Å²) in [5.74, 6) is 0. The Balaban J connectivity index is 3.97. The van der Waals surface area contributed by atoms with Crippen molar-refractivity contribution in [1.29, 1.82) is 0 Å². The molecular formula is C7H17NO2. The molecule has 10 heavy (non-hydrogen) atoms. The lowest BCUT2D eigenvalue weighted by atomic mass is 10.2. The number of nitrogens with zero attached hydrogens (tertiary/aromatic N) is 1. The molecule has 2 N–H and O–H groups in total. The second kappa shape index (κ2) is 3.91. The summed E-state index contributed by atoms with van der Waals surface area (Å²) in [6.07, 6.45) is 0. The Morgan fingerprint density at radius 2 is 1.70 bits per heavy atom. The first-order chi connectivity index (χ1) is 4.58. The predicted molar refractivity (Wildman–Crippen MR) is 40.6 cm³/mol. The minimum atomic E-state index is -1.05. The zero-order valence-electron chi connectivity index (χ0n) is 6.96. The number of aliphatic hydroxyl groups excluding tert-OH is 1. The second-order valence-electron chi connectivity index (χ2n) is 2.55. The van der Waals surface area contributed by atoms with E-state index in [4.69, 9.17) is 5.11 Å². The van der Waals surface area contributed by atoms with Crippen molar-refractivity contribution in [3.63, 3.8) is 0 Å². The van der Waals surface area contributed by atoms with E-state index in [0.29, 0.717) is 0 Å². The highest BCUT2D eigenvalue weighted by Gasteiger charge is 2.24. The number of hydrogen-bond donors (Lipinski definition) is 2. The Kier molecular flexibility index (Phi) is 3.86. The van der Waals surface area contributed by atoms with E-state index >= 15 is 0 Å². The maximum atomic E-state index is 9.46. The monoisotopic (exact) mass is 147 g/mol. The van der Waals surface area contributed by atoms with E-state index in [9.17, 15) is 5.11 Å². The summed E-state index contributed by atoms with van der Waals surface area (Å²) in [6, 6.07) is 0. The van der Waals surface area contributed by atoms with Crippen LogP contribution in [0.4, 0.5) is 0 Å². The highest BCUT2D eigenvalue weighted by Crippen LogP contribution is 2.08.